The van der Waals surface area contributed by atoms with Gasteiger partial charge in [0.15, 0.2) is 0 Å². The van der Waals surface area contributed by atoms with Crippen molar-refractivity contribution in [1.82, 2.24) is 9.97 Å². The van der Waals surface area contributed by atoms with E-state index in [0.29, 0.717) is 4.88 Å². The van der Waals surface area contributed by atoms with Gasteiger partial charge in [-0.25, -0.2) is 14.8 Å². The Balaban J connectivity index is 2.09. The third-order valence-electron chi connectivity index (χ3n) is 3.74. The summed E-state index contributed by atoms with van der Waals surface area (Å²) in [6.45, 7) is 3.53. The lowest BCUT2D eigenvalue weighted by atomic mass is 10.1. The maximum atomic E-state index is 11.3. The van der Waals surface area contributed by atoms with Crippen molar-refractivity contribution < 1.29 is 9.90 Å². The quantitative estimate of drug-likeness (QED) is 0.874. The Morgan fingerprint density at radius 2 is 2.15 bits per heavy atom. The maximum Gasteiger partial charge on any atom is 0.346 e. The standard InChI is InChI=1S/C13H16N4O2S/c1-7-9-11(17-4-2-8(14)3-5-17)15-6-16-12(9)20-10(7)13(18)19/h6,8H,2-5,14H2,1H3,(H,18,19). The van der Waals surface area contributed by atoms with Gasteiger partial charge in [0.05, 0.1) is 5.39 Å². The predicted molar refractivity (Wildman–Crippen MR) is 78.5 cm³/mol. The fraction of sp³-hybridized carbons (Fsp3) is 0.462. The smallest absolute Gasteiger partial charge is 0.346 e. The van der Waals surface area contributed by atoms with Gasteiger partial charge < -0.3 is 15.7 Å². The van der Waals surface area contributed by atoms with E-state index in [9.17, 15) is 9.90 Å². The number of fused-ring (bicyclic) bond motifs is 1. The summed E-state index contributed by atoms with van der Waals surface area (Å²) in [5, 5.41) is 10.1. The molecule has 3 rings (SSSR count). The molecule has 0 atom stereocenters. The molecular weight excluding hydrogens is 276 g/mol. The van der Waals surface area contributed by atoms with Crippen LogP contribution in [0.5, 0.6) is 0 Å². The summed E-state index contributed by atoms with van der Waals surface area (Å²) in [5.41, 5.74) is 6.68. The lowest BCUT2D eigenvalue weighted by Crippen LogP contribution is -2.40. The summed E-state index contributed by atoms with van der Waals surface area (Å²) in [7, 11) is 0. The van der Waals surface area contributed by atoms with Crippen molar-refractivity contribution in [3.63, 3.8) is 0 Å². The second kappa shape index (κ2) is 4.99. The van der Waals surface area contributed by atoms with Gasteiger partial charge in [-0.2, -0.15) is 0 Å². The van der Waals surface area contributed by atoms with Gasteiger partial charge in [-0.1, -0.05) is 0 Å². The number of hydrogen-bond acceptors (Lipinski definition) is 6. The average Bonchev–Trinajstić information content (AvgIpc) is 2.77. The van der Waals surface area contributed by atoms with Crippen molar-refractivity contribution in [1.29, 1.82) is 0 Å². The second-order valence-corrected chi connectivity index (χ2v) is 6.06. The van der Waals surface area contributed by atoms with Crippen LogP contribution in [0.1, 0.15) is 28.1 Å². The van der Waals surface area contributed by atoms with Crippen LogP contribution in [0, 0.1) is 6.92 Å². The van der Waals surface area contributed by atoms with E-state index in [1.54, 1.807) is 0 Å². The molecule has 0 spiro atoms. The molecule has 0 aliphatic carbocycles. The molecule has 106 valence electrons. The molecule has 0 saturated carbocycles. The van der Waals surface area contributed by atoms with Crippen LogP contribution in [-0.4, -0.2) is 40.2 Å². The van der Waals surface area contributed by atoms with E-state index in [4.69, 9.17) is 5.73 Å². The zero-order valence-corrected chi connectivity index (χ0v) is 12.0. The fourth-order valence-corrected chi connectivity index (χ4v) is 3.59. The number of aromatic nitrogens is 2. The monoisotopic (exact) mass is 292 g/mol. The van der Waals surface area contributed by atoms with Crippen molar-refractivity contribution in [3.05, 3.63) is 16.8 Å². The van der Waals surface area contributed by atoms with E-state index in [-0.39, 0.29) is 6.04 Å². The average molecular weight is 292 g/mol. The molecule has 0 amide bonds. The highest BCUT2D eigenvalue weighted by Crippen LogP contribution is 2.35. The van der Waals surface area contributed by atoms with Crippen molar-refractivity contribution in [3.8, 4) is 0 Å². The van der Waals surface area contributed by atoms with Gasteiger partial charge in [-0.15, -0.1) is 11.3 Å². The first-order valence-electron chi connectivity index (χ1n) is 6.56. The van der Waals surface area contributed by atoms with Crippen LogP contribution in [0.3, 0.4) is 0 Å². The molecular formula is C13H16N4O2S. The largest absolute Gasteiger partial charge is 0.477 e. The zero-order valence-electron chi connectivity index (χ0n) is 11.2. The normalized spacial score (nSPS) is 16.8. The molecule has 7 heteroatoms. The molecule has 0 unspecified atom stereocenters. The molecule has 0 aromatic carbocycles. The predicted octanol–water partition coefficient (Wildman–Crippen LogP) is 1.63. The first-order valence-corrected chi connectivity index (χ1v) is 7.37. The number of nitrogens with two attached hydrogens (primary N) is 1. The van der Waals surface area contributed by atoms with Gasteiger partial charge in [-0.3, -0.25) is 0 Å². The van der Waals surface area contributed by atoms with Crippen molar-refractivity contribution in [2.24, 2.45) is 5.73 Å². The number of rotatable bonds is 2. The number of thiophene rings is 1. The topological polar surface area (TPSA) is 92.3 Å². The molecule has 1 saturated heterocycles. The van der Waals surface area contributed by atoms with Gasteiger partial charge in [0.2, 0.25) is 0 Å². The number of carboxylic acid groups (broad SMARTS) is 1. The van der Waals surface area contributed by atoms with Gasteiger partial charge in [-0.05, 0) is 25.3 Å². The molecule has 0 radical (unpaired) electrons. The van der Waals surface area contributed by atoms with E-state index in [0.717, 1.165) is 47.5 Å². The van der Waals surface area contributed by atoms with Crippen molar-refractivity contribution in [2.45, 2.75) is 25.8 Å². The summed E-state index contributed by atoms with van der Waals surface area (Å²) in [4.78, 5) is 23.1. The van der Waals surface area contributed by atoms with E-state index >= 15 is 0 Å². The van der Waals surface area contributed by atoms with Gasteiger partial charge >= 0.3 is 5.97 Å². The SMILES string of the molecule is Cc1c(C(=O)O)sc2ncnc(N3CCC(N)CC3)c12. The molecule has 20 heavy (non-hydrogen) atoms. The molecule has 1 aliphatic heterocycles. The molecule has 1 aliphatic rings. The summed E-state index contributed by atoms with van der Waals surface area (Å²) in [5.74, 6) is -0.0692. The number of carboxylic acids is 1. The molecule has 2 aromatic rings. The fourth-order valence-electron chi connectivity index (χ4n) is 2.61. The van der Waals surface area contributed by atoms with E-state index in [1.807, 2.05) is 6.92 Å². The number of aromatic carboxylic acids is 1. The Morgan fingerprint density at radius 3 is 2.80 bits per heavy atom. The van der Waals surface area contributed by atoms with E-state index < -0.39 is 5.97 Å². The van der Waals surface area contributed by atoms with Crippen LogP contribution in [0.15, 0.2) is 6.33 Å². The highest BCUT2D eigenvalue weighted by atomic mass is 32.1. The van der Waals surface area contributed by atoms with Crippen LogP contribution in [0.4, 0.5) is 5.82 Å². The van der Waals surface area contributed by atoms with Crippen LogP contribution in [0.2, 0.25) is 0 Å². The first kappa shape index (κ1) is 13.3. The Hall–Kier alpha value is -1.73. The van der Waals surface area contributed by atoms with Crippen molar-refractivity contribution >= 4 is 33.3 Å². The maximum absolute atomic E-state index is 11.3. The van der Waals surface area contributed by atoms with Crippen LogP contribution in [-0.2, 0) is 0 Å². The van der Waals surface area contributed by atoms with Gasteiger partial charge in [0.1, 0.15) is 21.9 Å². The number of nitrogens with zero attached hydrogens (tertiary/aromatic N) is 3. The highest BCUT2D eigenvalue weighted by molar-refractivity contribution is 7.20. The third-order valence-corrected chi connectivity index (χ3v) is 4.93. The first-order chi connectivity index (χ1) is 9.58. The Bertz CT molecular complexity index is 662. The Kier molecular flexibility index (Phi) is 3.31. The molecule has 0 bridgehead atoms. The van der Waals surface area contributed by atoms with E-state index in [2.05, 4.69) is 14.9 Å². The molecule has 3 N–H and O–H groups in total. The minimum Gasteiger partial charge on any atom is -0.477 e. The van der Waals surface area contributed by atoms with Crippen LogP contribution in [0.25, 0.3) is 10.2 Å². The minimum atomic E-state index is -0.905. The number of carbonyl (C=O) groups is 1. The minimum absolute atomic E-state index is 0.252. The Labute approximate surface area is 120 Å². The summed E-state index contributed by atoms with van der Waals surface area (Å²) in [6, 6.07) is 0.252. The second-order valence-electron chi connectivity index (χ2n) is 5.06. The number of hydrogen-bond donors (Lipinski definition) is 2. The van der Waals surface area contributed by atoms with Gasteiger partial charge in [0.25, 0.3) is 0 Å². The van der Waals surface area contributed by atoms with Crippen LogP contribution >= 0.6 is 11.3 Å². The number of piperidine rings is 1. The highest BCUT2D eigenvalue weighted by Gasteiger charge is 2.23. The summed E-state index contributed by atoms with van der Waals surface area (Å²) < 4.78 is 0. The van der Waals surface area contributed by atoms with E-state index in [1.165, 1.54) is 17.7 Å². The zero-order chi connectivity index (χ0) is 14.3. The third kappa shape index (κ3) is 2.12. The van der Waals surface area contributed by atoms with Crippen molar-refractivity contribution in [2.75, 3.05) is 18.0 Å². The number of anilines is 1. The lowest BCUT2D eigenvalue weighted by Gasteiger charge is -2.31. The van der Waals surface area contributed by atoms with Crippen LogP contribution < -0.4 is 10.6 Å². The van der Waals surface area contributed by atoms with Gasteiger partial charge in [0, 0.05) is 19.1 Å². The molecule has 1 fully saturated rings. The number of aryl methyl sites for hydroxylation is 1. The Morgan fingerprint density at radius 1 is 1.45 bits per heavy atom. The molecule has 6 nitrogen and oxygen atoms in total. The molecule has 2 aromatic heterocycles. The summed E-state index contributed by atoms with van der Waals surface area (Å²) in [6.07, 6.45) is 3.37. The summed E-state index contributed by atoms with van der Waals surface area (Å²) >= 11 is 1.21. The molecule has 3 heterocycles. The lowest BCUT2D eigenvalue weighted by molar-refractivity contribution is 0.0701.